The van der Waals surface area contributed by atoms with Gasteiger partial charge in [-0.25, -0.2) is 23.9 Å². The number of aromatic nitrogens is 4. The van der Waals surface area contributed by atoms with Crippen molar-refractivity contribution in [3.63, 3.8) is 0 Å². The highest BCUT2D eigenvalue weighted by Gasteiger charge is 2.46. The first kappa shape index (κ1) is 25.7. The highest BCUT2D eigenvalue weighted by atomic mass is 31.2. The van der Waals surface area contributed by atoms with Crippen molar-refractivity contribution in [2.24, 2.45) is 0 Å². The molecule has 7 N–H and O–H groups in total. The first-order valence-corrected chi connectivity index (χ1v) is 12.9. The fourth-order valence-electron chi connectivity index (χ4n) is 4.00. The van der Waals surface area contributed by atoms with E-state index in [-0.39, 0.29) is 23.6 Å². The number of nitrogen functional groups attached to an aromatic ring is 1. The Morgan fingerprint density at radius 1 is 1.37 bits per heavy atom. The molecule has 0 spiro atoms. The van der Waals surface area contributed by atoms with Crippen molar-refractivity contribution < 1.29 is 33.4 Å². The molecule has 16 heteroatoms. The minimum atomic E-state index is -4.12. The SMILES string of the molecule is CCCCOP(=O)(NC(=O)[C@H]1CCCN1)OC[C@H]1O[C@@H](n2c(=O)[nH]c3c(N)ncnc32)[C@H](O)[C@@H]1O. The van der Waals surface area contributed by atoms with Crippen molar-refractivity contribution in [1.82, 2.24) is 29.9 Å². The Hall–Kier alpha value is -2.39. The van der Waals surface area contributed by atoms with E-state index < -0.39 is 56.5 Å². The number of aliphatic hydroxyl groups is 2. The summed E-state index contributed by atoms with van der Waals surface area (Å²) in [7, 11) is -4.12. The van der Waals surface area contributed by atoms with E-state index in [1.807, 2.05) is 6.92 Å². The number of amides is 1. The Bertz CT molecular complexity index is 1150. The van der Waals surface area contributed by atoms with Gasteiger partial charge in [-0.1, -0.05) is 13.3 Å². The van der Waals surface area contributed by atoms with Gasteiger partial charge in [0.05, 0.1) is 19.3 Å². The number of rotatable bonds is 10. The highest BCUT2D eigenvalue weighted by Crippen LogP contribution is 2.45. The number of carbonyl (C=O) groups excluding carboxylic acids is 1. The van der Waals surface area contributed by atoms with Gasteiger partial charge < -0.3 is 31.0 Å². The Labute approximate surface area is 199 Å². The number of fused-ring (bicyclic) bond motifs is 1. The van der Waals surface area contributed by atoms with E-state index in [4.69, 9.17) is 19.5 Å². The Kier molecular flexibility index (Phi) is 7.86. The number of nitrogens with two attached hydrogens (primary N) is 1. The van der Waals surface area contributed by atoms with Crippen molar-refractivity contribution in [2.75, 3.05) is 25.5 Å². The second-order valence-corrected chi connectivity index (χ2v) is 10.1. The molecule has 0 bridgehead atoms. The summed E-state index contributed by atoms with van der Waals surface area (Å²) in [5.74, 6) is -0.493. The predicted octanol–water partition coefficient (Wildman–Crippen LogP) is -0.869. The van der Waals surface area contributed by atoms with Crippen LogP contribution in [0.25, 0.3) is 11.2 Å². The van der Waals surface area contributed by atoms with Gasteiger partial charge in [0.1, 0.15) is 30.2 Å². The first-order valence-electron chi connectivity index (χ1n) is 11.4. The third kappa shape index (κ3) is 5.40. The zero-order valence-electron chi connectivity index (χ0n) is 19.1. The van der Waals surface area contributed by atoms with E-state index >= 15 is 0 Å². The lowest BCUT2D eigenvalue weighted by Crippen LogP contribution is -2.40. The number of aromatic amines is 1. The van der Waals surface area contributed by atoms with Gasteiger partial charge in [-0.3, -0.25) is 18.9 Å². The number of nitrogens with zero attached hydrogens (tertiary/aromatic N) is 3. The molecule has 2 aromatic heterocycles. The summed E-state index contributed by atoms with van der Waals surface area (Å²) < 4.78 is 30.8. The summed E-state index contributed by atoms with van der Waals surface area (Å²) in [5.41, 5.74) is 5.31. The summed E-state index contributed by atoms with van der Waals surface area (Å²) in [6.07, 6.45) is -1.69. The van der Waals surface area contributed by atoms with Crippen LogP contribution < -0.4 is 21.8 Å². The first-order chi connectivity index (χ1) is 16.7. The van der Waals surface area contributed by atoms with Gasteiger partial charge in [-0.05, 0) is 25.8 Å². The van der Waals surface area contributed by atoms with Gasteiger partial charge in [0.25, 0.3) is 0 Å². The summed E-state index contributed by atoms with van der Waals surface area (Å²) >= 11 is 0. The lowest BCUT2D eigenvalue weighted by atomic mass is 10.1. The zero-order valence-corrected chi connectivity index (χ0v) is 20.0. The summed E-state index contributed by atoms with van der Waals surface area (Å²) in [4.78, 5) is 35.3. The summed E-state index contributed by atoms with van der Waals surface area (Å²) in [5, 5.41) is 26.5. The number of aliphatic hydroxyl groups excluding tert-OH is 2. The van der Waals surface area contributed by atoms with Crippen LogP contribution in [0.15, 0.2) is 11.1 Å². The molecular formula is C19H30N7O8P. The molecule has 2 aliphatic heterocycles. The van der Waals surface area contributed by atoms with Crippen LogP contribution in [0.2, 0.25) is 0 Å². The smallest absolute Gasteiger partial charge is 0.387 e. The van der Waals surface area contributed by atoms with Gasteiger partial charge in [-0.2, -0.15) is 0 Å². The number of hydrogen-bond acceptors (Lipinski definition) is 12. The topological polar surface area (TPSA) is 216 Å². The molecule has 15 nitrogen and oxygen atoms in total. The lowest BCUT2D eigenvalue weighted by Gasteiger charge is -2.23. The van der Waals surface area contributed by atoms with Crippen LogP contribution in [-0.2, 0) is 23.1 Å². The summed E-state index contributed by atoms with van der Waals surface area (Å²) in [6, 6.07) is -0.510. The Balaban J connectivity index is 1.48. The third-order valence-corrected chi connectivity index (χ3v) is 7.42. The van der Waals surface area contributed by atoms with Crippen LogP contribution in [0.3, 0.4) is 0 Å². The second-order valence-electron chi connectivity index (χ2n) is 8.41. The molecule has 1 unspecified atom stereocenters. The Morgan fingerprint density at radius 2 is 2.17 bits per heavy atom. The predicted molar refractivity (Wildman–Crippen MR) is 122 cm³/mol. The average molecular weight is 515 g/mol. The van der Waals surface area contributed by atoms with Crippen LogP contribution in [0.1, 0.15) is 38.8 Å². The fourth-order valence-corrected chi connectivity index (χ4v) is 5.34. The molecule has 0 radical (unpaired) electrons. The third-order valence-electron chi connectivity index (χ3n) is 5.92. The maximum atomic E-state index is 13.3. The van der Waals surface area contributed by atoms with Crippen LogP contribution in [0.5, 0.6) is 0 Å². The van der Waals surface area contributed by atoms with Crippen molar-refractivity contribution in [1.29, 1.82) is 0 Å². The molecular weight excluding hydrogens is 485 g/mol. The quantitative estimate of drug-likeness (QED) is 0.168. The van der Waals surface area contributed by atoms with Gasteiger partial charge in [0, 0.05) is 0 Å². The number of anilines is 1. The van der Waals surface area contributed by atoms with E-state index in [1.165, 1.54) is 0 Å². The maximum Gasteiger partial charge on any atom is 0.435 e. The number of unbranched alkanes of at least 4 members (excludes halogenated alkanes) is 1. The van der Waals surface area contributed by atoms with E-state index in [9.17, 15) is 24.4 Å². The standard InChI is InChI=1S/C19H30N7O8P/c1-2-3-7-32-35(31,25-17(29)10-5-4-6-21-10)33-8-11-13(27)14(28)18(34-11)26-16-12(24-19(26)30)15(20)22-9-23-16/h9-11,13-14,18,21,27-28H,2-8H2,1H3,(H,24,30)(H2,20,22,23)(H,25,29,31)/t10-,11-,13-,14-,18-,35?/m1/s1. The molecule has 194 valence electrons. The molecule has 0 aliphatic carbocycles. The van der Waals surface area contributed by atoms with Crippen molar-refractivity contribution in [3.8, 4) is 0 Å². The minimum absolute atomic E-state index is 0.0245. The largest absolute Gasteiger partial charge is 0.435 e. The number of ether oxygens (including phenoxy) is 1. The molecule has 1 amide bonds. The molecule has 2 saturated heterocycles. The van der Waals surface area contributed by atoms with E-state index in [0.717, 1.165) is 23.7 Å². The molecule has 35 heavy (non-hydrogen) atoms. The van der Waals surface area contributed by atoms with Crippen LogP contribution >= 0.6 is 7.75 Å². The number of imidazole rings is 1. The van der Waals surface area contributed by atoms with Gasteiger partial charge in [-0.15, -0.1) is 0 Å². The number of hydrogen-bond donors (Lipinski definition) is 6. The highest BCUT2D eigenvalue weighted by molar-refractivity contribution is 7.52. The molecule has 0 saturated carbocycles. The van der Waals surface area contributed by atoms with Crippen LogP contribution in [-0.4, -0.2) is 79.8 Å². The van der Waals surface area contributed by atoms with Gasteiger partial charge in [0.15, 0.2) is 17.7 Å². The number of nitrogens with one attached hydrogen (secondary N) is 3. The van der Waals surface area contributed by atoms with Crippen molar-refractivity contribution >= 4 is 30.6 Å². The normalized spacial score (nSPS) is 28.4. The molecule has 6 atom stereocenters. The monoisotopic (exact) mass is 515 g/mol. The van der Waals surface area contributed by atoms with Crippen LogP contribution in [0, 0.1) is 0 Å². The summed E-state index contributed by atoms with van der Waals surface area (Å²) in [6.45, 7) is 2.18. The Morgan fingerprint density at radius 3 is 2.89 bits per heavy atom. The molecule has 4 rings (SSSR count). The van der Waals surface area contributed by atoms with Gasteiger partial charge >= 0.3 is 13.4 Å². The maximum absolute atomic E-state index is 13.3. The molecule has 2 fully saturated rings. The molecule has 4 heterocycles. The fraction of sp³-hybridized carbons (Fsp3) is 0.684. The molecule has 0 aromatic carbocycles. The van der Waals surface area contributed by atoms with Crippen molar-refractivity contribution in [2.45, 2.75) is 63.2 Å². The van der Waals surface area contributed by atoms with Gasteiger partial charge in [0.2, 0.25) is 5.91 Å². The zero-order chi connectivity index (χ0) is 25.2. The lowest BCUT2D eigenvalue weighted by molar-refractivity contribution is -0.121. The van der Waals surface area contributed by atoms with E-state index in [2.05, 4.69) is 25.4 Å². The van der Waals surface area contributed by atoms with E-state index in [1.54, 1.807) is 0 Å². The number of H-pyrrole nitrogens is 1. The second kappa shape index (κ2) is 10.7. The number of carbonyl (C=O) groups is 1. The van der Waals surface area contributed by atoms with E-state index in [0.29, 0.717) is 19.4 Å². The van der Waals surface area contributed by atoms with Crippen LogP contribution in [0.4, 0.5) is 5.82 Å². The average Bonchev–Trinajstić information content (AvgIpc) is 3.53. The molecule has 2 aliphatic rings. The molecule has 2 aromatic rings. The van der Waals surface area contributed by atoms with Crippen molar-refractivity contribution in [3.05, 3.63) is 16.8 Å². The minimum Gasteiger partial charge on any atom is -0.387 e.